The van der Waals surface area contributed by atoms with Gasteiger partial charge in [-0.3, -0.25) is 14.9 Å². The summed E-state index contributed by atoms with van der Waals surface area (Å²) in [5, 5.41) is 24.2. The molecule has 3 aromatic rings. The maximum absolute atomic E-state index is 12.8. The Kier molecular flexibility index (Phi) is 5.54. The van der Waals surface area contributed by atoms with E-state index in [0.717, 1.165) is 24.4 Å². The molecule has 0 saturated heterocycles. The number of phenolic OH excluding ortho intramolecular Hbond substituents is 1. The van der Waals surface area contributed by atoms with Crippen molar-refractivity contribution in [3.8, 4) is 17.1 Å². The number of furan rings is 1. The van der Waals surface area contributed by atoms with Crippen molar-refractivity contribution < 1.29 is 32.4 Å². The van der Waals surface area contributed by atoms with Crippen LogP contribution in [0, 0.1) is 10.1 Å². The fraction of sp³-hybridized carbons (Fsp3) is 0.0526. The highest BCUT2D eigenvalue weighted by Crippen LogP contribution is 2.32. The normalized spacial score (nSPS) is 11.6. The lowest BCUT2D eigenvalue weighted by Gasteiger charge is -2.07. The molecule has 0 atom stereocenters. The summed E-state index contributed by atoms with van der Waals surface area (Å²) >= 11 is 0. The number of hydrogen-bond acceptors (Lipinski definition) is 6. The molecular weight excluding hydrogens is 407 g/mol. The maximum atomic E-state index is 12.8. The van der Waals surface area contributed by atoms with Crippen LogP contribution < -0.4 is 5.43 Å². The first-order valence-electron chi connectivity index (χ1n) is 8.24. The highest BCUT2D eigenvalue weighted by Gasteiger charge is 2.30. The van der Waals surface area contributed by atoms with Crippen LogP contribution >= 0.6 is 0 Å². The van der Waals surface area contributed by atoms with Crippen LogP contribution in [0.25, 0.3) is 11.3 Å². The highest BCUT2D eigenvalue weighted by atomic mass is 19.4. The minimum absolute atomic E-state index is 0.131. The number of aromatic hydroxyl groups is 1. The third-order valence-corrected chi connectivity index (χ3v) is 3.92. The van der Waals surface area contributed by atoms with Crippen LogP contribution in [0.15, 0.2) is 64.1 Å². The largest absolute Gasteiger partial charge is 0.502 e. The minimum atomic E-state index is -4.49. The Balaban J connectivity index is 1.72. The number of nitro groups is 1. The van der Waals surface area contributed by atoms with Crippen molar-refractivity contribution in [1.82, 2.24) is 5.43 Å². The van der Waals surface area contributed by atoms with Gasteiger partial charge in [0, 0.05) is 11.6 Å². The van der Waals surface area contributed by atoms with Crippen molar-refractivity contribution in [2.24, 2.45) is 5.10 Å². The van der Waals surface area contributed by atoms with Gasteiger partial charge in [-0.15, -0.1) is 0 Å². The number of benzene rings is 2. The molecule has 1 amide bonds. The van der Waals surface area contributed by atoms with E-state index in [1.165, 1.54) is 36.4 Å². The molecule has 1 aromatic heterocycles. The summed E-state index contributed by atoms with van der Waals surface area (Å²) < 4.78 is 43.9. The second kappa shape index (κ2) is 8.07. The van der Waals surface area contributed by atoms with Gasteiger partial charge >= 0.3 is 11.9 Å². The van der Waals surface area contributed by atoms with Crippen molar-refractivity contribution in [2.45, 2.75) is 6.18 Å². The molecule has 3 rings (SSSR count). The zero-order valence-electron chi connectivity index (χ0n) is 14.9. The van der Waals surface area contributed by atoms with Gasteiger partial charge in [0.2, 0.25) is 5.75 Å². The molecule has 0 bridgehead atoms. The average Bonchev–Trinajstić information content (AvgIpc) is 3.16. The fourth-order valence-electron chi connectivity index (χ4n) is 2.50. The number of para-hydroxylation sites is 1. The van der Waals surface area contributed by atoms with E-state index in [0.29, 0.717) is 0 Å². The number of carbonyl (C=O) groups excluding carboxylic acids is 1. The van der Waals surface area contributed by atoms with Crippen LogP contribution in [0.3, 0.4) is 0 Å². The van der Waals surface area contributed by atoms with Crippen molar-refractivity contribution >= 4 is 17.8 Å². The predicted octanol–water partition coefficient (Wildman–Crippen LogP) is 4.34. The summed E-state index contributed by atoms with van der Waals surface area (Å²) in [6.07, 6.45) is -3.40. The molecule has 0 spiro atoms. The Morgan fingerprint density at radius 2 is 1.90 bits per heavy atom. The highest BCUT2D eigenvalue weighted by molar-refractivity contribution is 5.98. The lowest BCUT2D eigenvalue weighted by molar-refractivity contribution is -0.385. The minimum Gasteiger partial charge on any atom is -0.502 e. The van der Waals surface area contributed by atoms with Crippen LogP contribution in [0.1, 0.15) is 21.7 Å². The number of hydrogen-bond donors (Lipinski definition) is 2. The molecule has 0 aliphatic rings. The van der Waals surface area contributed by atoms with Crippen molar-refractivity contribution in [3.05, 3.63) is 81.6 Å². The van der Waals surface area contributed by atoms with E-state index in [1.54, 1.807) is 0 Å². The molecule has 30 heavy (non-hydrogen) atoms. The first kappa shape index (κ1) is 20.6. The maximum Gasteiger partial charge on any atom is 0.416 e. The van der Waals surface area contributed by atoms with Crippen LogP contribution in [0.2, 0.25) is 0 Å². The zero-order chi connectivity index (χ0) is 21.9. The standard InChI is InChI=1S/C19H12F3N3O5/c20-19(21,22)12-4-1-3-11(9-12)16-8-7-13(30-16)10-23-24-18(27)14-5-2-6-15(17(14)26)25(28)29/h1-10,26H,(H,24,27)/b23-10-. The Labute approximate surface area is 166 Å². The molecule has 0 saturated carbocycles. The number of hydrazone groups is 1. The van der Waals surface area contributed by atoms with E-state index in [9.17, 15) is 33.2 Å². The molecule has 0 aliphatic carbocycles. The summed E-state index contributed by atoms with van der Waals surface area (Å²) in [5.74, 6) is -1.42. The van der Waals surface area contributed by atoms with Gasteiger partial charge in [-0.2, -0.15) is 18.3 Å². The van der Waals surface area contributed by atoms with E-state index in [-0.39, 0.29) is 22.6 Å². The van der Waals surface area contributed by atoms with Gasteiger partial charge in [0.25, 0.3) is 5.91 Å². The number of rotatable bonds is 5. The van der Waals surface area contributed by atoms with Gasteiger partial charge in [-0.25, -0.2) is 5.43 Å². The van der Waals surface area contributed by atoms with E-state index >= 15 is 0 Å². The molecular formula is C19H12F3N3O5. The molecule has 1 heterocycles. The SMILES string of the molecule is O=C(N/N=C\c1ccc(-c2cccc(C(F)(F)F)c2)o1)c1cccc([N+](=O)[O-])c1O. The molecule has 0 radical (unpaired) electrons. The van der Waals surface area contributed by atoms with Crippen LogP contribution in [0.4, 0.5) is 18.9 Å². The summed E-state index contributed by atoms with van der Waals surface area (Å²) in [6.45, 7) is 0. The Morgan fingerprint density at radius 3 is 2.60 bits per heavy atom. The average molecular weight is 419 g/mol. The third kappa shape index (κ3) is 4.46. The van der Waals surface area contributed by atoms with Gasteiger partial charge in [0.1, 0.15) is 11.5 Å². The quantitative estimate of drug-likeness (QED) is 0.362. The number of halogens is 3. The summed E-state index contributed by atoms with van der Waals surface area (Å²) in [4.78, 5) is 22.0. The smallest absolute Gasteiger partial charge is 0.416 e. The lowest BCUT2D eigenvalue weighted by Crippen LogP contribution is -2.17. The second-order valence-corrected chi connectivity index (χ2v) is 5.91. The summed E-state index contributed by atoms with van der Waals surface area (Å²) in [5.41, 5.74) is 0.460. The molecule has 154 valence electrons. The first-order chi connectivity index (χ1) is 14.2. The lowest BCUT2D eigenvalue weighted by atomic mass is 10.1. The van der Waals surface area contributed by atoms with E-state index in [4.69, 9.17) is 4.42 Å². The topological polar surface area (TPSA) is 118 Å². The number of alkyl halides is 3. The number of nitrogens with zero attached hydrogens (tertiary/aromatic N) is 2. The number of nitrogens with one attached hydrogen (secondary N) is 1. The van der Waals surface area contributed by atoms with Crippen molar-refractivity contribution in [2.75, 3.05) is 0 Å². The zero-order valence-corrected chi connectivity index (χ0v) is 14.9. The number of carbonyl (C=O) groups is 1. The molecule has 0 unspecified atom stereocenters. The number of nitro benzene ring substituents is 1. The Bertz CT molecular complexity index is 1140. The third-order valence-electron chi connectivity index (χ3n) is 3.92. The Hall–Kier alpha value is -4.15. The predicted molar refractivity (Wildman–Crippen MR) is 99.0 cm³/mol. The monoisotopic (exact) mass is 419 g/mol. The van der Waals surface area contributed by atoms with E-state index in [2.05, 4.69) is 10.5 Å². The summed E-state index contributed by atoms with van der Waals surface area (Å²) in [7, 11) is 0. The Morgan fingerprint density at radius 1 is 1.17 bits per heavy atom. The molecule has 2 aromatic carbocycles. The van der Waals surface area contributed by atoms with Gasteiger partial charge in [0.05, 0.1) is 22.3 Å². The van der Waals surface area contributed by atoms with Gasteiger partial charge < -0.3 is 9.52 Å². The van der Waals surface area contributed by atoms with Crippen LogP contribution in [0.5, 0.6) is 5.75 Å². The van der Waals surface area contributed by atoms with Crippen LogP contribution in [-0.2, 0) is 6.18 Å². The van der Waals surface area contributed by atoms with Crippen LogP contribution in [-0.4, -0.2) is 22.2 Å². The number of amides is 1. The fourth-order valence-corrected chi connectivity index (χ4v) is 2.50. The summed E-state index contributed by atoms with van der Waals surface area (Å²) in [6, 6.07) is 10.9. The van der Waals surface area contributed by atoms with Gasteiger partial charge in [0.15, 0.2) is 0 Å². The van der Waals surface area contributed by atoms with Crippen molar-refractivity contribution in [1.29, 1.82) is 0 Å². The molecule has 0 aliphatic heterocycles. The number of phenols is 1. The molecule has 8 nitrogen and oxygen atoms in total. The van der Waals surface area contributed by atoms with E-state index in [1.807, 2.05) is 0 Å². The molecule has 2 N–H and O–H groups in total. The second-order valence-electron chi connectivity index (χ2n) is 5.91. The molecule has 0 fully saturated rings. The first-order valence-corrected chi connectivity index (χ1v) is 8.24. The van der Waals surface area contributed by atoms with Gasteiger partial charge in [-0.05, 0) is 30.3 Å². The van der Waals surface area contributed by atoms with E-state index < -0.39 is 34.0 Å². The molecule has 11 heteroatoms. The van der Waals surface area contributed by atoms with Crippen molar-refractivity contribution in [3.63, 3.8) is 0 Å². The van der Waals surface area contributed by atoms with Gasteiger partial charge in [-0.1, -0.05) is 18.2 Å².